The summed E-state index contributed by atoms with van der Waals surface area (Å²) in [5.41, 5.74) is 1.39. The maximum Gasteiger partial charge on any atom is 0.338 e. The van der Waals surface area contributed by atoms with Gasteiger partial charge >= 0.3 is 11.9 Å². The van der Waals surface area contributed by atoms with Crippen molar-refractivity contribution in [2.45, 2.75) is 18.6 Å². The minimum atomic E-state index is -0.617. The summed E-state index contributed by atoms with van der Waals surface area (Å²) in [5.74, 6) is -1.45. The molecule has 0 bridgehead atoms. The van der Waals surface area contributed by atoms with E-state index in [9.17, 15) is 14.4 Å². The molecule has 0 unspecified atom stereocenters. The van der Waals surface area contributed by atoms with Crippen molar-refractivity contribution < 1.29 is 28.6 Å². The highest BCUT2D eigenvalue weighted by atomic mass is 16.6. The zero-order valence-electron chi connectivity index (χ0n) is 15.2. The average molecular weight is 380 g/mol. The van der Waals surface area contributed by atoms with Crippen LogP contribution < -0.4 is 0 Å². The standard InChI is InChI=1S/C22H20O6/c1-15-18(13-26-21(24)16-8-4-2-5-9-16)20(12-19(15)27-14-23)28-22(25)17-10-6-3-7-11-17/h2-11,14,18-20H,1,12-13H2/t18-,19+,20-/m0/s1. The Kier molecular flexibility index (Phi) is 6.22. The molecule has 0 spiro atoms. The second kappa shape index (κ2) is 8.99. The second-order valence-electron chi connectivity index (χ2n) is 6.41. The van der Waals surface area contributed by atoms with E-state index < -0.39 is 30.1 Å². The largest absolute Gasteiger partial charge is 0.461 e. The average Bonchev–Trinajstić information content (AvgIpc) is 3.02. The molecule has 3 rings (SSSR count). The molecule has 0 saturated heterocycles. The van der Waals surface area contributed by atoms with Crippen molar-refractivity contribution in [3.05, 3.63) is 83.9 Å². The third-order valence-electron chi connectivity index (χ3n) is 4.68. The molecule has 0 aromatic heterocycles. The van der Waals surface area contributed by atoms with Crippen molar-refractivity contribution in [2.24, 2.45) is 5.92 Å². The van der Waals surface area contributed by atoms with Gasteiger partial charge in [-0.3, -0.25) is 4.79 Å². The van der Waals surface area contributed by atoms with E-state index in [2.05, 4.69) is 6.58 Å². The van der Waals surface area contributed by atoms with Crippen LogP contribution in [0.25, 0.3) is 0 Å². The van der Waals surface area contributed by atoms with Crippen molar-refractivity contribution in [3.8, 4) is 0 Å². The maximum absolute atomic E-state index is 12.4. The monoisotopic (exact) mass is 380 g/mol. The highest BCUT2D eigenvalue weighted by Gasteiger charge is 2.42. The van der Waals surface area contributed by atoms with Crippen LogP contribution in [0.5, 0.6) is 0 Å². The smallest absolute Gasteiger partial charge is 0.338 e. The molecule has 1 saturated carbocycles. The highest BCUT2D eigenvalue weighted by Crippen LogP contribution is 2.35. The lowest BCUT2D eigenvalue weighted by Crippen LogP contribution is -2.27. The third-order valence-corrected chi connectivity index (χ3v) is 4.68. The maximum atomic E-state index is 12.4. The normalized spacial score (nSPS) is 21.0. The Morgan fingerprint density at radius 1 is 0.964 bits per heavy atom. The number of hydrogen-bond acceptors (Lipinski definition) is 6. The van der Waals surface area contributed by atoms with E-state index in [4.69, 9.17) is 14.2 Å². The van der Waals surface area contributed by atoms with Crippen LogP contribution >= 0.6 is 0 Å². The first-order valence-electron chi connectivity index (χ1n) is 8.86. The molecule has 0 N–H and O–H groups in total. The minimum Gasteiger partial charge on any atom is -0.461 e. The fourth-order valence-corrected chi connectivity index (χ4v) is 3.16. The first-order valence-corrected chi connectivity index (χ1v) is 8.86. The van der Waals surface area contributed by atoms with Gasteiger partial charge in [-0.25, -0.2) is 9.59 Å². The third kappa shape index (κ3) is 4.46. The van der Waals surface area contributed by atoms with Gasteiger partial charge in [0.2, 0.25) is 0 Å². The molecule has 1 fully saturated rings. The number of carbonyl (C=O) groups is 3. The molecule has 2 aromatic carbocycles. The Labute approximate surface area is 162 Å². The molecule has 2 aromatic rings. The Morgan fingerprint density at radius 3 is 2.11 bits per heavy atom. The van der Waals surface area contributed by atoms with Crippen molar-refractivity contribution in [1.82, 2.24) is 0 Å². The summed E-state index contributed by atoms with van der Waals surface area (Å²) in [7, 11) is 0. The zero-order chi connectivity index (χ0) is 19.9. The molecule has 1 aliphatic carbocycles. The molecule has 6 heteroatoms. The molecular formula is C22H20O6. The van der Waals surface area contributed by atoms with Crippen LogP contribution in [0.3, 0.4) is 0 Å². The molecule has 0 amide bonds. The Morgan fingerprint density at radius 2 is 1.54 bits per heavy atom. The Bertz CT molecular complexity index is 846. The van der Waals surface area contributed by atoms with E-state index in [1.54, 1.807) is 60.7 Å². The van der Waals surface area contributed by atoms with Crippen LogP contribution in [0.15, 0.2) is 72.8 Å². The van der Waals surface area contributed by atoms with Crippen LogP contribution in [0, 0.1) is 5.92 Å². The summed E-state index contributed by atoms with van der Waals surface area (Å²) in [4.78, 5) is 35.4. The summed E-state index contributed by atoms with van der Waals surface area (Å²) in [6.45, 7) is 4.26. The highest BCUT2D eigenvalue weighted by molar-refractivity contribution is 5.90. The van der Waals surface area contributed by atoms with E-state index in [1.807, 2.05) is 0 Å². The number of benzene rings is 2. The molecule has 3 atom stereocenters. The van der Waals surface area contributed by atoms with Gasteiger partial charge in [-0.2, -0.15) is 0 Å². The van der Waals surface area contributed by atoms with E-state index >= 15 is 0 Å². The Hall–Kier alpha value is -3.41. The quantitative estimate of drug-likeness (QED) is 0.318. The van der Waals surface area contributed by atoms with Crippen molar-refractivity contribution in [3.63, 3.8) is 0 Å². The van der Waals surface area contributed by atoms with E-state index in [0.29, 0.717) is 23.2 Å². The lowest BCUT2D eigenvalue weighted by atomic mass is 10.0. The molecule has 0 aliphatic heterocycles. The van der Waals surface area contributed by atoms with E-state index in [0.717, 1.165) is 0 Å². The van der Waals surface area contributed by atoms with Crippen LogP contribution in [0.4, 0.5) is 0 Å². The molecule has 6 nitrogen and oxygen atoms in total. The number of esters is 2. The number of carbonyl (C=O) groups excluding carboxylic acids is 3. The number of rotatable bonds is 7. The molecule has 0 heterocycles. The Balaban J connectivity index is 1.69. The van der Waals surface area contributed by atoms with Gasteiger partial charge < -0.3 is 14.2 Å². The van der Waals surface area contributed by atoms with Crippen LogP contribution in [-0.4, -0.2) is 37.2 Å². The van der Waals surface area contributed by atoms with Crippen molar-refractivity contribution in [2.75, 3.05) is 6.61 Å². The lowest BCUT2D eigenvalue weighted by molar-refractivity contribution is -0.132. The molecule has 144 valence electrons. The molecular weight excluding hydrogens is 360 g/mol. The lowest BCUT2D eigenvalue weighted by Gasteiger charge is -2.20. The predicted octanol–water partition coefficient (Wildman–Crippen LogP) is 3.19. The topological polar surface area (TPSA) is 78.9 Å². The van der Waals surface area contributed by atoms with Gasteiger partial charge in [0.15, 0.2) is 0 Å². The van der Waals surface area contributed by atoms with Gasteiger partial charge in [-0.05, 0) is 29.8 Å². The van der Waals surface area contributed by atoms with Gasteiger partial charge in [0.25, 0.3) is 6.47 Å². The summed E-state index contributed by atoms with van der Waals surface area (Å²) in [6, 6.07) is 17.2. The fourth-order valence-electron chi connectivity index (χ4n) is 3.16. The number of ether oxygens (including phenoxy) is 3. The van der Waals surface area contributed by atoms with Gasteiger partial charge in [0.05, 0.1) is 17.0 Å². The van der Waals surface area contributed by atoms with Crippen LogP contribution in [-0.2, 0) is 19.0 Å². The SMILES string of the molecule is C=C1[C@H](OC=O)C[C@H](OC(=O)c2ccccc2)[C@H]1COC(=O)c1ccccc1. The van der Waals surface area contributed by atoms with Crippen LogP contribution in [0.1, 0.15) is 27.1 Å². The number of hydrogen-bond donors (Lipinski definition) is 0. The van der Waals surface area contributed by atoms with Gasteiger partial charge in [-0.1, -0.05) is 43.0 Å². The molecule has 28 heavy (non-hydrogen) atoms. The van der Waals surface area contributed by atoms with E-state index in [-0.39, 0.29) is 13.0 Å². The van der Waals surface area contributed by atoms with Crippen molar-refractivity contribution in [1.29, 1.82) is 0 Å². The molecule has 1 aliphatic rings. The van der Waals surface area contributed by atoms with Gasteiger partial charge in [-0.15, -0.1) is 0 Å². The first-order chi connectivity index (χ1) is 13.6. The predicted molar refractivity (Wildman–Crippen MR) is 101 cm³/mol. The van der Waals surface area contributed by atoms with Gasteiger partial charge in [0.1, 0.15) is 18.8 Å². The summed E-state index contributed by atoms with van der Waals surface area (Å²) < 4.78 is 16.0. The summed E-state index contributed by atoms with van der Waals surface area (Å²) in [5, 5.41) is 0. The minimum absolute atomic E-state index is 0.0297. The zero-order valence-corrected chi connectivity index (χ0v) is 15.2. The summed E-state index contributed by atoms with van der Waals surface area (Å²) in [6.07, 6.45) is -0.941. The first kappa shape index (κ1) is 19.4. The van der Waals surface area contributed by atoms with Crippen molar-refractivity contribution >= 4 is 18.4 Å². The second-order valence-corrected chi connectivity index (χ2v) is 6.41. The van der Waals surface area contributed by atoms with Gasteiger partial charge in [0, 0.05) is 6.42 Å². The fraction of sp³-hybridized carbons (Fsp3) is 0.227. The van der Waals surface area contributed by atoms with Crippen LogP contribution in [0.2, 0.25) is 0 Å². The summed E-state index contributed by atoms with van der Waals surface area (Å²) >= 11 is 0. The molecule has 0 radical (unpaired) electrons. The van der Waals surface area contributed by atoms with E-state index in [1.165, 1.54) is 0 Å².